The summed E-state index contributed by atoms with van der Waals surface area (Å²) in [4.78, 5) is 19.4. The van der Waals surface area contributed by atoms with Gasteiger partial charge in [-0.1, -0.05) is 11.6 Å². The first-order valence-corrected chi connectivity index (χ1v) is 9.97. The van der Waals surface area contributed by atoms with Crippen LogP contribution in [-0.2, 0) is 4.79 Å². The molecule has 1 aliphatic heterocycles. The second-order valence-electron chi connectivity index (χ2n) is 6.17. The van der Waals surface area contributed by atoms with Crippen LogP contribution in [0, 0.1) is 19.7 Å². The number of aliphatic imine (C=N–C) groups is 1. The van der Waals surface area contributed by atoms with Gasteiger partial charge in [-0.15, -0.1) is 0 Å². The van der Waals surface area contributed by atoms with Crippen molar-refractivity contribution >= 4 is 40.5 Å². The Kier molecular flexibility index (Phi) is 5.77. The normalized spacial score (nSPS) is 17.6. The number of rotatable bonds is 4. The smallest absolute Gasteiger partial charge is 0.266 e. The highest BCUT2D eigenvalue weighted by atomic mass is 35.5. The van der Waals surface area contributed by atoms with Crippen molar-refractivity contribution in [1.29, 1.82) is 0 Å². The number of carbonyl (C=O) groups is 1. The number of halogens is 2. The molecule has 2 aromatic rings. The lowest BCUT2D eigenvalue weighted by Gasteiger charge is -2.11. The number of hydrogen-bond donors (Lipinski definition) is 0. The van der Waals surface area contributed by atoms with Crippen molar-refractivity contribution < 1.29 is 9.18 Å². The maximum atomic E-state index is 14.4. The van der Waals surface area contributed by atoms with Crippen LogP contribution in [0.3, 0.4) is 0 Å². The largest absolute Gasteiger partial charge is 0.315 e. The monoisotopic (exact) mass is 405 g/mol. The molecule has 1 aliphatic rings. The minimum Gasteiger partial charge on any atom is -0.315 e. The first-order chi connectivity index (χ1) is 12.9. The highest BCUT2D eigenvalue weighted by Crippen LogP contribution is 2.34. The van der Waals surface area contributed by atoms with Gasteiger partial charge in [-0.05, 0) is 75.4 Å². The average molecular weight is 406 g/mol. The summed E-state index contributed by atoms with van der Waals surface area (Å²) in [6.45, 7) is 8.91. The molecular formula is C20H21ClFN3OS. The van der Waals surface area contributed by atoms with Crippen molar-refractivity contribution in [3.05, 3.63) is 57.0 Å². The van der Waals surface area contributed by atoms with E-state index in [4.69, 9.17) is 11.6 Å². The highest BCUT2D eigenvalue weighted by molar-refractivity contribution is 8.18. The minimum atomic E-state index is -0.385. The number of aryl methyl sites for hydroxylation is 1. The minimum absolute atomic E-state index is 0.0443. The Hall–Kier alpha value is -2.05. The van der Waals surface area contributed by atoms with Gasteiger partial charge in [0.25, 0.3) is 5.91 Å². The average Bonchev–Trinajstić information content (AvgIpc) is 3.05. The van der Waals surface area contributed by atoms with E-state index in [-0.39, 0.29) is 11.7 Å². The van der Waals surface area contributed by atoms with Crippen LogP contribution in [0.4, 0.5) is 4.39 Å². The first kappa shape index (κ1) is 19.7. The Bertz CT molecular complexity index is 964. The Labute approximate surface area is 167 Å². The number of nitrogens with zero attached hydrogens (tertiary/aromatic N) is 3. The fraction of sp³-hybridized carbons (Fsp3) is 0.300. The van der Waals surface area contributed by atoms with Crippen LogP contribution < -0.4 is 0 Å². The Balaban J connectivity index is 2.04. The number of benzene rings is 1. The molecular weight excluding hydrogens is 385 g/mol. The summed E-state index contributed by atoms with van der Waals surface area (Å²) < 4.78 is 16.2. The highest BCUT2D eigenvalue weighted by Gasteiger charge is 2.32. The van der Waals surface area contributed by atoms with Gasteiger partial charge < -0.3 is 4.57 Å². The lowest BCUT2D eigenvalue weighted by atomic mass is 10.2. The van der Waals surface area contributed by atoms with Gasteiger partial charge in [0.2, 0.25) is 0 Å². The van der Waals surface area contributed by atoms with E-state index >= 15 is 0 Å². The van der Waals surface area contributed by atoms with Gasteiger partial charge in [0.15, 0.2) is 5.17 Å². The molecule has 1 fully saturated rings. The van der Waals surface area contributed by atoms with Crippen molar-refractivity contribution in [3.8, 4) is 5.69 Å². The molecule has 0 N–H and O–H groups in total. The third kappa shape index (κ3) is 3.69. The zero-order valence-electron chi connectivity index (χ0n) is 15.7. The molecule has 0 saturated carbocycles. The third-order valence-corrected chi connectivity index (χ3v) is 5.68. The Morgan fingerprint density at radius 2 is 2.00 bits per heavy atom. The molecule has 4 nitrogen and oxygen atoms in total. The van der Waals surface area contributed by atoms with Crippen molar-refractivity contribution in [2.45, 2.75) is 27.7 Å². The standard InChI is InChI=1S/C20H21ClFN3OS/c1-5-23-20-24(6-2)19(26)18(27-20)10-14-9-12(3)25(13(14)4)17-8-7-15(21)11-16(17)22/h7-11H,5-6H2,1-4H3/b18-10-,23-20?. The Morgan fingerprint density at radius 3 is 2.63 bits per heavy atom. The van der Waals surface area contributed by atoms with Crippen LogP contribution in [0.2, 0.25) is 5.02 Å². The summed E-state index contributed by atoms with van der Waals surface area (Å²) in [6.07, 6.45) is 1.86. The summed E-state index contributed by atoms with van der Waals surface area (Å²) >= 11 is 7.25. The van der Waals surface area contributed by atoms with Gasteiger partial charge in [0.05, 0.1) is 10.6 Å². The van der Waals surface area contributed by atoms with E-state index < -0.39 is 0 Å². The SMILES string of the molecule is CCN=C1S/C(=C\c2cc(C)n(-c3ccc(Cl)cc3F)c2C)C(=O)N1CC. The lowest BCUT2D eigenvalue weighted by Crippen LogP contribution is -2.28. The van der Waals surface area contributed by atoms with Crippen molar-refractivity contribution in [2.24, 2.45) is 4.99 Å². The van der Waals surface area contributed by atoms with E-state index in [0.717, 1.165) is 22.1 Å². The van der Waals surface area contributed by atoms with E-state index in [2.05, 4.69) is 4.99 Å². The second-order valence-corrected chi connectivity index (χ2v) is 7.62. The summed E-state index contributed by atoms with van der Waals surface area (Å²) in [7, 11) is 0. The maximum absolute atomic E-state index is 14.4. The predicted molar refractivity (Wildman–Crippen MR) is 111 cm³/mol. The van der Waals surface area contributed by atoms with Gasteiger partial charge in [-0.3, -0.25) is 14.7 Å². The molecule has 1 amide bonds. The molecule has 0 unspecified atom stereocenters. The van der Waals surface area contributed by atoms with Crippen LogP contribution in [-0.4, -0.2) is 33.6 Å². The van der Waals surface area contributed by atoms with Gasteiger partial charge in [-0.2, -0.15) is 0 Å². The molecule has 0 aliphatic carbocycles. The first-order valence-electron chi connectivity index (χ1n) is 8.77. The summed E-state index contributed by atoms with van der Waals surface area (Å²) in [6, 6.07) is 6.58. The van der Waals surface area contributed by atoms with Gasteiger partial charge in [0, 0.05) is 29.5 Å². The predicted octanol–water partition coefficient (Wildman–Crippen LogP) is 5.20. The second kappa shape index (κ2) is 7.90. The summed E-state index contributed by atoms with van der Waals surface area (Å²) in [5, 5.41) is 1.09. The van der Waals surface area contributed by atoms with Gasteiger partial charge in [0.1, 0.15) is 5.82 Å². The van der Waals surface area contributed by atoms with Crippen LogP contribution >= 0.6 is 23.4 Å². The number of aromatic nitrogens is 1. The van der Waals surface area contributed by atoms with E-state index in [0.29, 0.717) is 28.7 Å². The third-order valence-electron chi connectivity index (χ3n) is 4.41. The zero-order valence-corrected chi connectivity index (χ0v) is 17.3. The van der Waals surface area contributed by atoms with Crippen molar-refractivity contribution in [3.63, 3.8) is 0 Å². The van der Waals surface area contributed by atoms with E-state index in [1.165, 1.54) is 17.8 Å². The number of amides is 1. The molecule has 7 heteroatoms. The molecule has 0 bridgehead atoms. The number of thioether (sulfide) groups is 1. The molecule has 142 valence electrons. The molecule has 3 rings (SSSR count). The van der Waals surface area contributed by atoms with Crippen LogP contribution in [0.1, 0.15) is 30.8 Å². The van der Waals surface area contributed by atoms with Crippen molar-refractivity contribution in [2.75, 3.05) is 13.1 Å². The molecule has 0 spiro atoms. The molecule has 27 heavy (non-hydrogen) atoms. The number of hydrogen-bond acceptors (Lipinski definition) is 3. The van der Waals surface area contributed by atoms with Gasteiger partial charge >= 0.3 is 0 Å². The number of carbonyl (C=O) groups excluding carboxylic acids is 1. The molecule has 0 atom stereocenters. The molecule has 1 aromatic carbocycles. The number of likely N-dealkylation sites (N-methyl/N-ethyl adjacent to an activating group) is 1. The molecule has 2 heterocycles. The van der Waals surface area contributed by atoms with Crippen molar-refractivity contribution in [1.82, 2.24) is 9.47 Å². The topological polar surface area (TPSA) is 37.6 Å². The van der Waals surface area contributed by atoms with Crippen LogP contribution in [0.25, 0.3) is 11.8 Å². The zero-order chi connectivity index (χ0) is 19.7. The quantitative estimate of drug-likeness (QED) is 0.655. The van der Waals surface area contributed by atoms with E-state index in [1.807, 2.05) is 44.4 Å². The fourth-order valence-corrected chi connectivity index (χ4v) is 4.40. The fourth-order valence-electron chi connectivity index (χ4n) is 3.15. The molecule has 1 saturated heterocycles. The van der Waals surface area contributed by atoms with Crippen LogP contribution in [0.5, 0.6) is 0 Å². The Morgan fingerprint density at radius 1 is 1.26 bits per heavy atom. The van der Waals surface area contributed by atoms with Crippen LogP contribution in [0.15, 0.2) is 34.2 Å². The van der Waals surface area contributed by atoms with E-state index in [1.54, 1.807) is 17.0 Å². The summed E-state index contributed by atoms with van der Waals surface area (Å²) in [5.41, 5.74) is 3.06. The molecule has 1 aromatic heterocycles. The molecule has 0 radical (unpaired) electrons. The van der Waals surface area contributed by atoms with Gasteiger partial charge in [-0.25, -0.2) is 4.39 Å². The summed E-state index contributed by atoms with van der Waals surface area (Å²) in [5.74, 6) is -0.429. The van der Waals surface area contributed by atoms with E-state index in [9.17, 15) is 9.18 Å². The lowest BCUT2D eigenvalue weighted by molar-refractivity contribution is -0.122. The maximum Gasteiger partial charge on any atom is 0.266 e. The number of amidine groups is 1.